The Kier molecular flexibility index (Phi) is 4.68. The van der Waals surface area contributed by atoms with Gasteiger partial charge in [0.1, 0.15) is 6.04 Å². The van der Waals surface area contributed by atoms with Gasteiger partial charge in [-0.3, -0.25) is 0 Å². The summed E-state index contributed by atoms with van der Waals surface area (Å²) in [5.74, 6) is -0.773. The van der Waals surface area contributed by atoms with Gasteiger partial charge in [-0.15, -0.1) is 0 Å². The third kappa shape index (κ3) is 3.52. The second-order valence-corrected chi connectivity index (χ2v) is 12.3. The Labute approximate surface area is 134 Å². The smallest absolute Gasteiger partial charge is 0.326 e. The zero-order chi connectivity index (χ0) is 16.5. The molecule has 22 heavy (non-hydrogen) atoms. The van der Waals surface area contributed by atoms with E-state index >= 15 is 0 Å². The van der Waals surface area contributed by atoms with Crippen molar-refractivity contribution in [1.29, 1.82) is 0 Å². The number of para-hydroxylation sites is 1. The number of hydrogen-bond acceptors (Lipinski definition) is 3. The van der Waals surface area contributed by atoms with Crippen LogP contribution in [0.3, 0.4) is 0 Å². The summed E-state index contributed by atoms with van der Waals surface area (Å²) < 4.78 is 6.43. The monoisotopic (exact) mass is 321 g/mol. The average Bonchev–Trinajstić information content (AvgIpc) is 2.82. The molecule has 2 rings (SSSR count). The molecule has 1 aromatic carbocycles. The van der Waals surface area contributed by atoms with Crippen molar-refractivity contribution in [3.63, 3.8) is 0 Å². The minimum atomic E-state index is -1.88. The van der Waals surface area contributed by atoms with E-state index in [1.165, 1.54) is 0 Å². The fourth-order valence-electron chi connectivity index (χ4n) is 2.62. The molecule has 1 fully saturated rings. The summed E-state index contributed by atoms with van der Waals surface area (Å²) >= 11 is 0. The standard InChI is InChI=1S/C17H27NO3Si/c1-17(2,3)22(4,5)21-14-11-15(16(19)20)18(12-14)13-9-7-6-8-10-13/h6-10,14-15H,11-12H2,1-5H3,(H,19,20)/t14-,15+/m1/s1. The lowest BCUT2D eigenvalue weighted by Crippen LogP contribution is -2.44. The van der Waals surface area contributed by atoms with E-state index in [4.69, 9.17) is 4.43 Å². The van der Waals surface area contributed by atoms with Crippen molar-refractivity contribution in [2.45, 2.75) is 57.5 Å². The molecule has 0 aromatic heterocycles. The Balaban J connectivity index is 2.17. The summed E-state index contributed by atoms with van der Waals surface area (Å²) in [6, 6.07) is 9.25. The highest BCUT2D eigenvalue weighted by molar-refractivity contribution is 6.74. The fraction of sp³-hybridized carbons (Fsp3) is 0.588. The number of carboxylic acid groups (broad SMARTS) is 1. The van der Waals surface area contributed by atoms with E-state index in [0.717, 1.165) is 5.69 Å². The fourth-order valence-corrected chi connectivity index (χ4v) is 3.97. The maximum Gasteiger partial charge on any atom is 0.326 e. The normalized spacial score (nSPS) is 22.9. The second-order valence-electron chi connectivity index (χ2n) is 7.58. The van der Waals surface area contributed by atoms with Crippen LogP contribution in [0.4, 0.5) is 5.69 Å². The molecular weight excluding hydrogens is 294 g/mol. The van der Waals surface area contributed by atoms with E-state index < -0.39 is 20.3 Å². The molecule has 122 valence electrons. The van der Waals surface area contributed by atoms with E-state index in [-0.39, 0.29) is 11.1 Å². The molecule has 1 aliphatic heterocycles. The van der Waals surface area contributed by atoms with Gasteiger partial charge in [-0.25, -0.2) is 4.79 Å². The Morgan fingerprint density at radius 1 is 1.27 bits per heavy atom. The molecule has 5 heteroatoms. The van der Waals surface area contributed by atoms with Gasteiger partial charge in [0.25, 0.3) is 0 Å². The van der Waals surface area contributed by atoms with Crippen LogP contribution in [-0.4, -0.2) is 38.1 Å². The van der Waals surface area contributed by atoms with Crippen molar-refractivity contribution in [3.8, 4) is 0 Å². The van der Waals surface area contributed by atoms with E-state index in [1.54, 1.807) is 0 Å². The lowest BCUT2D eigenvalue weighted by Gasteiger charge is -2.38. The predicted octanol–water partition coefficient (Wildman–Crippen LogP) is 3.74. The van der Waals surface area contributed by atoms with Gasteiger partial charge < -0.3 is 14.4 Å². The van der Waals surface area contributed by atoms with Crippen LogP contribution in [0.2, 0.25) is 18.1 Å². The highest BCUT2D eigenvalue weighted by Crippen LogP contribution is 2.39. The van der Waals surface area contributed by atoms with Crippen LogP contribution >= 0.6 is 0 Å². The molecule has 0 radical (unpaired) electrons. The lowest BCUT2D eigenvalue weighted by atomic mass is 10.2. The zero-order valence-electron chi connectivity index (χ0n) is 14.2. The highest BCUT2D eigenvalue weighted by Gasteiger charge is 2.44. The Morgan fingerprint density at radius 3 is 2.36 bits per heavy atom. The number of aliphatic carboxylic acids is 1. The zero-order valence-corrected chi connectivity index (χ0v) is 15.2. The molecular formula is C17H27NO3Si. The molecule has 2 atom stereocenters. The first-order chi connectivity index (χ1) is 10.1. The van der Waals surface area contributed by atoms with E-state index in [9.17, 15) is 9.90 Å². The molecule has 0 spiro atoms. The van der Waals surface area contributed by atoms with E-state index in [1.807, 2.05) is 35.2 Å². The molecule has 1 heterocycles. The van der Waals surface area contributed by atoms with Gasteiger partial charge in [-0.1, -0.05) is 39.0 Å². The summed E-state index contributed by atoms with van der Waals surface area (Å²) in [5, 5.41) is 9.67. The highest BCUT2D eigenvalue weighted by atomic mass is 28.4. The van der Waals surface area contributed by atoms with Crippen molar-refractivity contribution >= 4 is 20.0 Å². The molecule has 1 saturated heterocycles. The number of carbonyl (C=O) groups is 1. The van der Waals surface area contributed by atoms with Crippen LogP contribution < -0.4 is 4.90 Å². The van der Waals surface area contributed by atoms with Crippen LogP contribution in [0, 0.1) is 0 Å². The topological polar surface area (TPSA) is 49.8 Å². The summed E-state index contributed by atoms with van der Waals surface area (Å²) in [6.07, 6.45) is 0.540. The number of anilines is 1. The van der Waals surface area contributed by atoms with Gasteiger partial charge >= 0.3 is 5.97 Å². The van der Waals surface area contributed by atoms with Crippen LogP contribution in [0.25, 0.3) is 0 Å². The lowest BCUT2D eigenvalue weighted by molar-refractivity contribution is -0.138. The molecule has 0 saturated carbocycles. The number of benzene rings is 1. The minimum Gasteiger partial charge on any atom is -0.480 e. The maximum atomic E-state index is 11.6. The summed E-state index contributed by atoms with van der Waals surface area (Å²) in [6.45, 7) is 11.7. The van der Waals surface area contributed by atoms with Crippen LogP contribution in [0.5, 0.6) is 0 Å². The Bertz CT molecular complexity index is 524. The molecule has 1 aromatic rings. The first-order valence-electron chi connectivity index (χ1n) is 7.84. The van der Waals surface area contributed by atoms with Gasteiger partial charge in [0.15, 0.2) is 8.32 Å². The van der Waals surface area contributed by atoms with Crippen LogP contribution in [-0.2, 0) is 9.22 Å². The van der Waals surface area contributed by atoms with Crippen LogP contribution in [0.15, 0.2) is 30.3 Å². The van der Waals surface area contributed by atoms with Crippen molar-refractivity contribution < 1.29 is 14.3 Å². The first kappa shape index (κ1) is 17.0. The number of hydrogen-bond donors (Lipinski definition) is 1. The largest absolute Gasteiger partial charge is 0.480 e. The molecule has 1 N–H and O–H groups in total. The third-order valence-electron chi connectivity index (χ3n) is 4.90. The molecule has 4 nitrogen and oxygen atoms in total. The number of carboxylic acids is 1. The predicted molar refractivity (Wildman–Crippen MR) is 91.9 cm³/mol. The summed E-state index contributed by atoms with van der Waals surface area (Å²) in [7, 11) is -1.88. The molecule has 1 aliphatic rings. The third-order valence-corrected chi connectivity index (χ3v) is 9.44. The van der Waals surface area contributed by atoms with E-state index in [2.05, 4.69) is 33.9 Å². The second kappa shape index (κ2) is 6.05. The number of rotatable bonds is 4. The van der Waals surface area contributed by atoms with Crippen molar-refractivity contribution in [1.82, 2.24) is 0 Å². The summed E-state index contributed by atoms with van der Waals surface area (Å²) in [4.78, 5) is 13.6. The molecule has 0 unspecified atom stereocenters. The maximum absolute atomic E-state index is 11.6. The SMILES string of the molecule is CC(C)(C)[Si](C)(C)O[C@@H]1C[C@@H](C(=O)O)N(c2ccccc2)C1. The van der Waals surface area contributed by atoms with Gasteiger partial charge in [0.2, 0.25) is 0 Å². The van der Waals surface area contributed by atoms with Gasteiger partial charge in [0.05, 0.1) is 6.10 Å². The minimum absolute atomic E-state index is 0.0119. The Hall–Kier alpha value is -1.33. The molecule has 0 aliphatic carbocycles. The van der Waals surface area contributed by atoms with Crippen molar-refractivity contribution in [2.24, 2.45) is 0 Å². The summed E-state index contributed by atoms with van der Waals surface area (Å²) in [5.41, 5.74) is 0.955. The quantitative estimate of drug-likeness (QED) is 0.858. The number of nitrogens with zero attached hydrogens (tertiary/aromatic N) is 1. The van der Waals surface area contributed by atoms with Gasteiger partial charge in [-0.2, -0.15) is 0 Å². The van der Waals surface area contributed by atoms with E-state index in [0.29, 0.717) is 13.0 Å². The van der Waals surface area contributed by atoms with Gasteiger partial charge in [0, 0.05) is 18.7 Å². The molecule has 0 bridgehead atoms. The molecule has 0 amide bonds. The Morgan fingerprint density at radius 2 is 1.86 bits per heavy atom. The average molecular weight is 321 g/mol. The van der Waals surface area contributed by atoms with Gasteiger partial charge in [-0.05, 0) is 30.3 Å². The van der Waals surface area contributed by atoms with Crippen molar-refractivity contribution in [2.75, 3.05) is 11.4 Å². The first-order valence-corrected chi connectivity index (χ1v) is 10.7. The van der Waals surface area contributed by atoms with Crippen LogP contribution in [0.1, 0.15) is 27.2 Å². The van der Waals surface area contributed by atoms with Crippen molar-refractivity contribution in [3.05, 3.63) is 30.3 Å².